The predicted octanol–water partition coefficient (Wildman–Crippen LogP) is 0.494. The van der Waals surface area contributed by atoms with Crippen molar-refractivity contribution in [3.8, 4) is 0 Å². The van der Waals surface area contributed by atoms with Gasteiger partial charge in [0.05, 0.1) is 19.6 Å². The molecule has 1 saturated heterocycles. The Kier molecular flexibility index (Phi) is 4.92. The van der Waals surface area contributed by atoms with Gasteiger partial charge in [-0.25, -0.2) is 0 Å². The van der Waals surface area contributed by atoms with Crippen molar-refractivity contribution >= 4 is 16.8 Å². The summed E-state index contributed by atoms with van der Waals surface area (Å²) in [5, 5.41) is 12.3. The van der Waals surface area contributed by atoms with Gasteiger partial charge >= 0.3 is 0 Å². The molecule has 2 aromatic heterocycles. The summed E-state index contributed by atoms with van der Waals surface area (Å²) < 4.78 is 4.00. The van der Waals surface area contributed by atoms with E-state index in [0.717, 1.165) is 66.9 Å². The Labute approximate surface area is 192 Å². The van der Waals surface area contributed by atoms with E-state index < -0.39 is 6.10 Å². The standard InChI is InChI=1S/C26H30N4O3/c1-27-10-9-21-20-5-2-3-6-23(20)30(25(21)26(27)33)16-19(31)15-28-12-17-11-18(14-28)22-7-4-8-24(32)29(22)13-17/h2-8,17-19,31H,9-16H2,1H3/p+1/t17-,18+,19+/m0/s1. The Hall–Kier alpha value is -2.90. The van der Waals surface area contributed by atoms with Crippen molar-refractivity contribution in [1.29, 1.82) is 0 Å². The molecule has 3 aliphatic rings. The number of likely N-dealkylation sites (tertiary alicyclic amines) is 1. The van der Waals surface area contributed by atoms with Crippen LogP contribution in [0.15, 0.2) is 47.3 Å². The third-order valence-corrected chi connectivity index (χ3v) is 7.91. The fourth-order valence-corrected chi connectivity index (χ4v) is 6.52. The predicted molar refractivity (Wildman–Crippen MR) is 126 cm³/mol. The summed E-state index contributed by atoms with van der Waals surface area (Å²) in [4.78, 5) is 28.5. The number of hydrogen-bond donors (Lipinski definition) is 2. The first-order valence-electron chi connectivity index (χ1n) is 12.1. The maximum atomic E-state index is 13.0. The molecule has 1 amide bonds. The summed E-state index contributed by atoms with van der Waals surface area (Å²) in [7, 11) is 1.85. The van der Waals surface area contributed by atoms with Crippen LogP contribution in [0.1, 0.15) is 34.1 Å². The lowest BCUT2D eigenvalue weighted by Crippen LogP contribution is -3.15. The van der Waals surface area contributed by atoms with Gasteiger partial charge in [0.25, 0.3) is 11.5 Å². The monoisotopic (exact) mass is 447 g/mol. The number of pyridine rings is 1. The van der Waals surface area contributed by atoms with Crippen molar-refractivity contribution in [3.63, 3.8) is 0 Å². The molecule has 1 fully saturated rings. The lowest BCUT2D eigenvalue weighted by atomic mass is 9.83. The van der Waals surface area contributed by atoms with Gasteiger partial charge < -0.3 is 24.0 Å². The lowest BCUT2D eigenvalue weighted by Gasteiger charge is -2.40. The number of quaternary nitrogens is 1. The van der Waals surface area contributed by atoms with Gasteiger partial charge in [-0.15, -0.1) is 0 Å². The van der Waals surface area contributed by atoms with Gasteiger partial charge in [-0.3, -0.25) is 9.59 Å². The van der Waals surface area contributed by atoms with E-state index in [9.17, 15) is 14.7 Å². The minimum atomic E-state index is -0.545. The van der Waals surface area contributed by atoms with Crippen LogP contribution in [0.5, 0.6) is 0 Å². The normalized spacial score (nSPS) is 25.1. The van der Waals surface area contributed by atoms with Crippen molar-refractivity contribution < 1.29 is 14.8 Å². The molecule has 5 heterocycles. The van der Waals surface area contributed by atoms with E-state index in [1.807, 2.05) is 34.4 Å². The molecule has 2 N–H and O–H groups in total. The van der Waals surface area contributed by atoms with Crippen LogP contribution >= 0.6 is 0 Å². The number of benzene rings is 1. The zero-order valence-electron chi connectivity index (χ0n) is 19.0. The van der Waals surface area contributed by atoms with Crippen LogP contribution in [0, 0.1) is 5.92 Å². The highest BCUT2D eigenvalue weighted by atomic mass is 16.3. The molecule has 2 bridgehead atoms. The molecule has 3 aliphatic heterocycles. The molecule has 7 nitrogen and oxygen atoms in total. The van der Waals surface area contributed by atoms with Crippen LogP contribution in [-0.2, 0) is 19.5 Å². The number of nitrogens with zero attached hydrogens (tertiary/aromatic N) is 3. The SMILES string of the molecule is CN1CCc2c(n(C[C@H](O)C[NH+]3C[C@@H]4C[C@H](C3)c3cccc(=O)n3C4)c3ccccc23)C1=O. The highest BCUT2D eigenvalue weighted by molar-refractivity contribution is 6.02. The average Bonchev–Trinajstić information content (AvgIpc) is 3.11. The van der Waals surface area contributed by atoms with Crippen molar-refractivity contribution in [2.45, 2.75) is 38.0 Å². The van der Waals surface area contributed by atoms with Gasteiger partial charge in [-0.1, -0.05) is 24.3 Å². The van der Waals surface area contributed by atoms with Gasteiger partial charge in [0.15, 0.2) is 0 Å². The lowest BCUT2D eigenvalue weighted by molar-refractivity contribution is -0.914. The minimum absolute atomic E-state index is 0.0431. The number of aliphatic hydroxyl groups is 1. The van der Waals surface area contributed by atoms with Gasteiger partial charge in [-0.2, -0.15) is 0 Å². The van der Waals surface area contributed by atoms with E-state index in [1.165, 1.54) is 4.90 Å². The largest absolute Gasteiger partial charge is 0.385 e. The zero-order chi connectivity index (χ0) is 22.7. The van der Waals surface area contributed by atoms with Crippen molar-refractivity contribution in [1.82, 2.24) is 14.0 Å². The quantitative estimate of drug-likeness (QED) is 0.612. The van der Waals surface area contributed by atoms with Crippen molar-refractivity contribution in [2.75, 3.05) is 33.2 Å². The van der Waals surface area contributed by atoms with Crippen LogP contribution in [0.2, 0.25) is 0 Å². The molecule has 33 heavy (non-hydrogen) atoms. The van der Waals surface area contributed by atoms with Gasteiger partial charge in [0.2, 0.25) is 0 Å². The van der Waals surface area contributed by atoms with E-state index >= 15 is 0 Å². The number of fused-ring (bicyclic) bond motifs is 7. The second kappa shape index (κ2) is 7.85. The fraction of sp³-hybridized carbons (Fsp3) is 0.462. The summed E-state index contributed by atoms with van der Waals surface area (Å²) >= 11 is 0. The molecule has 7 heteroatoms. The van der Waals surface area contributed by atoms with E-state index in [-0.39, 0.29) is 11.5 Å². The fourth-order valence-electron chi connectivity index (χ4n) is 6.52. The third-order valence-electron chi connectivity index (χ3n) is 7.91. The Morgan fingerprint density at radius 3 is 2.85 bits per heavy atom. The number of amides is 1. The van der Waals surface area contributed by atoms with E-state index in [0.29, 0.717) is 24.9 Å². The Balaban J connectivity index is 1.24. The number of aromatic nitrogens is 2. The maximum absolute atomic E-state index is 13.0. The van der Waals surface area contributed by atoms with E-state index in [4.69, 9.17) is 0 Å². The van der Waals surface area contributed by atoms with Gasteiger partial charge in [0.1, 0.15) is 18.3 Å². The first-order chi connectivity index (χ1) is 16.0. The Bertz CT molecular complexity index is 1290. The smallest absolute Gasteiger partial charge is 0.270 e. The summed E-state index contributed by atoms with van der Waals surface area (Å²) in [6, 6.07) is 13.8. The second-order valence-corrected chi connectivity index (χ2v) is 10.1. The number of rotatable bonds is 4. The molecule has 0 aliphatic carbocycles. The molecule has 0 radical (unpaired) electrons. The highest BCUT2D eigenvalue weighted by Gasteiger charge is 2.38. The molecular weight excluding hydrogens is 416 g/mol. The van der Waals surface area contributed by atoms with Crippen LogP contribution in [0.25, 0.3) is 10.9 Å². The third kappa shape index (κ3) is 3.42. The van der Waals surface area contributed by atoms with Crippen molar-refractivity contribution in [2.24, 2.45) is 5.92 Å². The zero-order valence-corrected chi connectivity index (χ0v) is 19.0. The first-order valence-corrected chi connectivity index (χ1v) is 12.1. The van der Waals surface area contributed by atoms with Crippen molar-refractivity contribution in [3.05, 3.63) is 69.8 Å². The summed E-state index contributed by atoms with van der Waals surface area (Å²) in [5.74, 6) is 0.875. The molecule has 1 unspecified atom stereocenters. The second-order valence-electron chi connectivity index (χ2n) is 10.1. The molecule has 6 rings (SSSR count). The highest BCUT2D eigenvalue weighted by Crippen LogP contribution is 2.31. The molecule has 0 spiro atoms. The number of carbonyl (C=O) groups is 1. The van der Waals surface area contributed by atoms with E-state index in [1.54, 1.807) is 11.0 Å². The topological polar surface area (TPSA) is 71.9 Å². The molecule has 3 aromatic rings. The van der Waals surface area contributed by atoms with Gasteiger partial charge in [0, 0.05) is 54.6 Å². The molecule has 172 valence electrons. The Morgan fingerprint density at radius 1 is 1.12 bits per heavy atom. The number of piperidine rings is 1. The number of aliphatic hydroxyl groups excluding tert-OH is 1. The van der Waals surface area contributed by atoms with Gasteiger partial charge in [-0.05, 0) is 30.5 Å². The molecular formula is C26H31N4O3+. The molecule has 1 aromatic carbocycles. The number of nitrogens with one attached hydrogen (secondary N) is 1. The van der Waals surface area contributed by atoms with Crippen LogP contribution in [-0.4, -0.2) is 64.4 Å². The Morgan fingerprint density at radius 2 is 1.97 bits per heavy atom. The molecule has 0 saturated carbocycles. The number of carbonyl (C=O) groups excluding carboxylic acids is 1. The number of hydrogen-bond acceptors (Lipinski definition) is 3. The number of para-hydroxylation sites is 1. The first kappa shape index (κ1) is 20.7. The van der Waals surface area contributed by atoms with Crippen LogP contribution in [0.3, 0.4) is 0 Å². The summed E-state index contributed by atoms with van der Waals surface area (Å²) in [5.41, 5.74) is 4.13. The van der Waals surface area contributed by atoms with Crippen LogP contribution < -0.4 is 10.5 Å². The summed E-state index contributed by atoms with van der Waals surface area (Å²) in [6.45, 7) is 4.48. The van der Waals surface area contributed by atoms with E-state index in [2.05, 4.69) is 18.2 Å². The maximum Gasteiger partial charge on any atom is 0.270 e. The number of likely N-dealkylation sites (N-methyl/N-ethyl adjacent to an activating group) is 1. The molecule has 4 atom stereocenters. The van der Waals surface area contributed by atoms with Crippen LogP contribution in [0.4, 0.5) is 0 Å². The minimum Gasteiger partial charge on any atom is -0.385 e. The average molecular weight is 448 g/mol. The summed E-state index contributed by atoms with van der Waals surface area (Å²) in [6.07, 6.45) is 1.43.